The number of aromatic nitrogens is 2. The Bertz CT molecular complexity index is 358. The lowest BCUT2D eigenvalue weighted by atomic mass is 10.1. The number of hydrogen-bond acceptors (Lipinski definition) is 2. The molecule has 3 nitrogen and oxygen atoms in total. The largest absolute Gasteiger partial charge is 0.308 e. The number of nitrogens with zero attached hydrogens (tertiary/aromatic N) is 2. The molecule has 0 spiro atoms. The Hall–Kier alpha value is -0.540. The van der Waals surface area contributed by atoms with Crippen LogP contribution in [0.1, 0.15) is 51.3 Å². The molecule has 0 radical (unpaired) electrons. The number of hydrogen-bond donors (Lipinski definition) is 1. The molecule has 0 aliphatic heterocycles. The van der Waals surface area contributed by atoms with E-state index in [2.05, 4.69) is 28.9 Å². The third-order valence-electron chi connectivity index (χ3n) is 3.27. The Balaban J connectivity index is 2.18. The van der Waals surface area contributed by atoms with Crippen LogP contribution in [0.4, 0.5) is 0 Å². The molecule has 1 atom stereocenters. The van der Waals surface area contributed by atoms with E-state index in [1.807, 2.05) is 0 Å². The van der Waals surface area contributed by atoms with Crippen LogP contribution in [0, 0.1) is 5.92 Å². The molecular formula is C13H22ClN3. The molecule has 4 heteroatoms. The summed E-state index contributed by atoms with van der Waals surface area (Å²) in [5.74, 6) is 0.756. The lowest BCUT2D eigenvalue weighted by Gasteiger charge is -2.20. The Labute approximate surface area is 109 Å². The summed E-state index contributed by atoms with van der Waals surface area (Å²) in [5.41, 5.74) is 1.20. The van der Waals surface area contributed by atoms with Gasteiger partial charge in [0.2, 0.25) is 0 Å². The van der Waals surface area contributed by atoms with Gasteiger partial charge in [0.05, 0.1) is 23.0 Å². The lowest BCUT2D eigenvalue weighted by Crippen LogP contribution is -2.26. The van der Waals surface area contributed by atoms with Crippen molar-refractivity contribution in [3.63, 3.8) is 0 Å². The first-order chi connectivity index (χ1) is 8.27. The monoisotopic (exact) mass is 255 g/mol. The van der Waals surface area contributed by atoms with Crippen molar-refractivity contribution in [3.05, 3.63) is 16.9 Å². The second-order valence-electron chi connectivity index (χ2n) is 4.87. The zero-order valence-corrected chi connectivity index (χ0v) is 11.5. The molecule has 1 fully saturated rings. The maximum absolute atomic E-state index is 6.30. The first-order valence-corrected chi connectivity index (χ1v) is 7.10. The van der Waals surface area contributed by atoms with Crippen LogP contribution >= 0.6 is 11.6 Å². The van der Waals surface area contributed by atoms with E-state index < -0.39 is 0 Å². The molecule has 96 valence electrons. The average molecular weight is 256 g/mol. The highest BCUT2D eigenvalue weighted by molar-refractivity contribution is 6.31. The highest BCUT2D eigenvalue weighted by atomic mass is 35.5. The molecule has 1 heterocycles. The third-order valence-corrected chi connectivity index (χ3v) is 3.56. The summed E-state index contributed by atoms with van der Waals surface area (Å²) in [6.07, 6.45) is 6.67. The average Bonchev–Trinajstić information content (AvgIpc) is 3.09. The van der Waals surface area contributed by atoms with E-state index in [1.165, 1.54) is 18.5 Å². The Kier molecular flexibility index (Phi) is 4.46. The summed E-state index contributed by atoms with van der Waals surface area (Å²) in [7, 11) is 0. The van der Waals surface area contributed by atoms with E-state index in [4.69, 9.17) is 11.6 Å². The molecule has 1 saturated carbocycles. The van der Waals surface area contributed by atoms with Gasteiger partial charge in [-0.1, -0.05) is 25.4 Å². The van der Waals surface area contributed by atoms with Gasteiger partial charge in [-0.25, -0.2) is 0 Å². The molecule has 0 aromatic carbocycles. The zero-order valence-electron chi connectivity index (χ0n) is 10.7. The second kappa shape index (κ2) is 5.87. The summed E-state index contributed by atoms with van der Waals surface area (Å²) in [5, 5.41) is 8.84. The van der Waals surface area contributed by atoms with Gasteiger partial charge in [-0.2, -0.15) is 5.10 Å². The summed E-state index contributed by atoms with van der Waals surface area (Å²) in [6.45, 7) is 6.38. The number of rotatable bonds is 7. The first-order valence-electron chi connectivity index (χ1n) is 6.72. The van der Waals surface area contributed by atoms with Crippen LogP contribution in [-0.4, -0.2) is 16.3 Å². The minimum absolute atomic E-state index is 0.400. The van der Waals surface area contributed by atoms with Gasteiger partial charge in [0.1, 0.15) is 0 Å². The van der Waals surface area contributed by atoms with Crippen molar-refractivity contribution in [2.24, 2.45) is 5.92 Å². The zero-order chi connectivity index (χ0) is 12.3. The maximum atomic E-state index is 6.30. The lowest BCUT2D eigenvalue weighted by molar-refractivity contribution is 0.434. The number of aryl methyl sites for hydroxylation is 1. The molecule has 1 aromatic heterocycles. The quantitative estimate of drug-likeness (QED) is 0.809. The van der Waals surface area contributed by atoms with Gasteiger partial charge in [-0.3, -0.25) is 4.68 Å². The van der Waals surface area contributed by atoms with Crippen LogP contribution in [0.15, 0.2) is 6.20 Å². The first kappa shape index (κ1) is 12.9. The van der Waals surface area contributed by atoms with E-state index in [9.17, 15) is 0 Å². The summed E-state index contributed by atoms with van der Waals surface area (Å²) in [6, 6.07) is 0.400. The molecule has 1 aliphatic rings. The van der Waals surface area contributed by atoms with Crippen LogP contribution in [0.25, 0.3) is 0 Å². The fourth-order valence-electron chi connectivity index (χ4n) is 2.29. The van der Waals surface area contributed by atoms with E-state index >= 15 is 0 Å². The maximum Gasteiger partial charge on any atom is 0.0834 e. The summed E-state index contributed by atoms with van der Waals surface area (Å²) in [4.78, 5) is 0. The van der Waals surface area contributed by atoms with Crippen molar-refractivity contribution in [2.75, 3.05) is 6.54 Å². The van der Waals surface area contributed by atoms with Crippen molar-refractivity contribution in [2.45, 2.75) is 52.1 Å². The van der Waals surface area contributed by atoms with E-state index in [1.54, 1.807) is 6.20 Å². The van der Waals surface area contributed by atoms with Gasteiger partial charge in [0, 0.05) is 6.54 Å². The van der Waals surface area contributed by atoms with Gasteiger partial charge in [0.25, 0.3) is 0 Å². The molecule has 0 bridgehead atoms. The molecule has 17 heavy (non-hydrogen) atoms. The highest BCUT2D eigenvalue weighted by Crippen LogP contribution is 2.42. The SMILES string of the molecule is CCCNC(c1c(Cl)cnn1CCC)C1CC1. The van der Waals surface area contributed by atoms with Gasteiger partial charge in [0.15, 0.2) is 0 Å². The summed E-state index contributed by atoms with van der Waals surface area (Å²) < 4.78 is 2.08. The molecular weight excluding hydrogens is 234 g/mol. The molecule has 1 aliphatic carbocycles. The topological polar surface area (TPSA) is 29.9 Å². The Morgan fingerprint density at radius 1 is 1.47 bits per heavy atom. The predicted molar refractivity (Wildman–Crippen MR) is 71.3 cm³/mol. The van der Waals surface area contributed by atoms with Crippen molar-refractivity contribution in [1.82, 2.24) is 15.1 Å². The van der Waals surface area contributed by atoms with Crippen molar-refractivity contribution < 1.29 is 0 Å². The van der Waals surface area contributed by atoms with Crippen molar-refractivity contribution >= 4 is 11.6 Å². The Morgan fingerprint density at radius 2 is 2.24 bits per heavy atom. The molecule has 1 unspecified atom stereocenters. The minimum Gasteiger partial charge on any atom is -0.308 e. The minimum atomic E-state index is 0.400. The Morgan fingerprint density at radius 3 is 2.82 bits per heavy atom. The van der Waals surface area contributed by atoms with Gasteiger partial charge < -0.3 is 5.32 Å². The fourth-order valence-corrected chi connectivity index (χ4v) is 2.55. The van der Waals surface area contributed by atoms with E-state index in [0.29, 0.717) is 6.04 Å². The van der Waals surface area contributed by atoms with Gasteiger partial charge in [-0.05, 0) is 38.1 Å². The highest BCUT2D eigenvalue weighted by Gasteiger charge is 2.35. The molecule has 2 rings (SSSR count). The molecule has 1 N–H and O–H groups in total. The number of halogens is 1. The standard InChI is InChI=1S/C13H22ClN3/c1-3-7-15-12(10-5-6-10)13-11(14)9-16-17(13)8-4-2/h9-10,12,15H,3-8H2,1-2H3. The van der Waals surface area contributed by atoms with E-state index in [-0.39, 0.29) is 0 Å². The predicted octanol–water partition coefficient (Wildman–Crippen LogP) is 3.40. The van der Waals surface area contributed by atoms with Gasteiger partial charge >= 0.3 is 0 Å². The fraction of sp³-hybridized carbons (Fsp3) is 0.769. The van der Waals surface area contributed by atoms with E-state index in [0.717, 1.165) is 36.9 Å². The molecule has 1 aromatic rings. The van der Waals surface area contributed by atoms with Crippen LogP contribution in [-0.2, 0) is 6.54 Å². The normalized spacial score (nSPS) is 17.4. The molecule has 0 saturated heterocycles. The third kappa shape index (κ3) is 3.02. The van der Waals surface area contributed by atoms with Crippen molar-refractivity contribution in [1.29, 1.82) is 0 Å². The molecule has 0 amide bonds. The van der Waals surface area contributed by atoms with Crippen LogP contribution in [0.2, 0.25) is 5.02 Å². The summed E-state index contributed by atoms with van der Waals surface area (Å²) >= 11 is 6.30. The number of nitrogens with one attached hydrogen (secondary N) is 1. The van der Waals surface area contributed by atoms with Crippen LogP contribution in [0.3, 0.4) is 0 Å². The van der Waals surface area contributed by atoms with Crippen LogP contribution < -0.4 is 5.32 Å². The smallest absolute Gasteiger partial charge is 0.0834 e. The van der Waals surface area contributed by atoms with Crippen LogP contribution in [0.5, 0.6) is 0 Å². The van der Waals surface area contributed by atoms with Gasteiger partial charge in [-0.15, -0.1) is 0 Å². The second-order valence-corrected chi connectivity index (χ2v) is 5.28. The van der Waals surface area contributed by atoms with Crippen molar-refractivity contribution in [3.8, 4) is 0 Å².